The van der Waals surface area contributed by atoms with Gasteiger partial charge in [0.25, 0.3) is 0 Å². The second kappa shape index (κ2) is 8.77. The summed E-state index contributed by atoms with van der Waals surface area (Å²) in [4.78, 5) is 6.71. The Hall–Kier alpha value is -1.03. The monoisotopic (exact) mass is 518 g/mol. The predicted octanol–water partition coefficient (Wildman–Crippen LogP) is 2.84. The molecule has 1 aromatic rings. The van der Waals surface area contributed by atoms with E-state index in [1.165, 1.54) is 32.1 Å². The van der Waals surface area contributed by atoms with Gasteiger partial charge < -0.3 is 10.2 Å². The van der Waals surface area contributed by atoms with Crippen LogP contribution in [0.4, 0.5) is 5.69 Å². The quantitative estimate of drug-likeness (QED) is 0.379. The van der Waals surface area contributed by atoms with Gasteiger partial charge in [0.05, 0.1) is 11.4 Å². The number of nitrogens with zero attached hydrogens (tertiary/aromatic N) is 3. The van der Waals surface area contributed by atoms with E-state index < -0.39 is 10.0 Å². The minimum absolute atomic E-state index is 0. The summed E-state index contributed by atoms with van der Waals surface area (Å²) >= 11 is 0. The Morgan fingerprint density at radius 2 is 1.93 bits per heavy atom. The van der Waals surface area contributed by atoms with Gasteiger partial charge in [0.1, 0.15) is 0 Å². The summed E-state index contributed by atoms with van der Waals surface area (Å²) in [5, 5.41) is 3.29. The van der Waals surface area contributed by atoms with Crippen LogP contribution in [-0.2, 0) is 16.4 Å². The van der Waals surface area contributed by atoms with E-state index in [2.05, 4.69) is 15.2 Å². The number of aliphatic imine (C=N–C) groups is 1. The third-order valence-corrected chi connectivity index (χ3v) is 8.21. The van der Waals surface area contributed by atoms with E-state index >= 15 is 0 Å². The zero-order valence-electron chi connectivity index (χ0n) is 16.6. The molecule has 1 aromatic carbocycles. The van der Waals surface area contributed by atoms with E-state index in [1.54, 1.807) is 11.4 Å². The van der Waals surface area contributed by atoms with Gasteiger partial charge in [0.2, 0.25) is 10.0 Å². The molecule has 156 valence electrons. The van der Waals surface area contributed by atoms with Crippen LogP contribution in [-0.4, -0.2) is 58.3 Å². The van der Waals surface area contributed by atoms with Crippen molar-refractivity contribution in [2.45, 2.75) is 38.5 Å². The lowest BCUT2D eigenvalue weighted by Crippen LogP contribution is -2.44. The molecule has 3 aliphatic rings. The lowest BCUT2D eigenvalue weighted by molar-refractivity contribution is 0.309. The summed E-state index contributed by atoms with van der Waals surface area (Å²) in [6.45, 7) is 3.01. The third-order valence-electron chi connectivity index (χ3n) is 6.44. The van der Waals surface area contributed by atoms with Crippen LogP contribution in [0.3, 0.4) is 0 Å². The first-order chi connectivity index (χ1) is 13.0. The number of hydrogen-bond acceptors (Lipinski definition) is 3. The van der Waals surface area contributed by atoms with Crippen LogP contribution < -0.4 is 9.62 Å². The lowest BCUT2D eigenvalue weighted by Gasteiger charge is -2.26. The van der Waals surface area contributed by atoms with Crippen LogP contribution >= 0.6 is 24.0 Å². The summed E-state index contributed by atoms with van der Waals surface area (Å²) < 4.78 is 27.2. The third kappa shape index (κ3) is 4.27. The zero-order valence-corrected chi connectivity index (χ0v) is 19.7. The average molecular weight is 518 g/mol. The van der Waals surface area contributed by atoms with Gasteiger partial charge in [-0.3, -0.25) is 9.30 Å². The molecule has 28 heavy (non-hydrogen) atoms. The van der Waals surface area contributed by atoms with E-state index in [4.69, 9.17) is 0 Å². The van der Waals surface area contributed by atoms with Crippen molar-refractivity contribution in [3.63, 3.8) is 0 Å². The molecule has 1 N–H and O–H groups in total. The van der Waals surface area contributed by atoms with Gasteiger partial charge in [-0.25, -0.2) is 8.42 Å². The Balaban J connectivity index is 0.00000225. The molecule has 6 nitrogen and oxygen atoms in total. The largest absolute Gasteiger partial charge is 0.355 e. The maximum Gasteiger partial charge on any atom is 0.236 e. The summed E-state index contributed by atoms with van der Waals surface area (Å²) in [5.41, 5.74) is 2.43. The molecule has 4 rings (SSSR count). The fraction of sp³-hybridized carbons (Fsp3) is 0.650. The molecule has 1 aliphatic carbocycles. The van der Waals surface area contributed by atoms with E-state index in [1.807, 2.05) is 24.3 Å². The van der Waals surface area contributed by atoms with Gasteiger partial charge in [-0.2, -0.15) is 0 Å². The molecule has 2 fully saturated rings. The number of rotatable bonds is 4. The van der Waals surface area contributed by atoms with Gasteiger partial charge in [-0.15, -0.1) is 24.0 Å². The topological polar surface area (TPSA) is 65.0 Å². The molecule has 0 aromatic heterocycles. The molecule has 1 saturated heterocycles. The standard InChI is InChI=1S/C20H30N4O2S.HI/c1-21-19(23-14-11-20(16-23)9-4-5-10-20)22-12-15-27(25,26)24-13-8-17-6-2-3-7-18(17)24;/h2-3,6-7H,4-5,8-16H2,1H3,(H,21,22);1H. The number of fused-ring (bicyclic) bond motifs is 1. The number of hydrogen-bond donors (Lipinski definition) is 1. The predicted molar refractivity (Wildman–Crippen MR) is 125 cm³/mol. The van der Waals surface area contributed by atoms with Gasteiger partial charge in [-0.1, -0.05) is 31.0 Å². The Morgan fingerprint density at radius 3 is 2.68 bits per heavy atom. The summed E-state index contributed by atoms with van der Waals surface area (Å²) in [5.74, 6) is 0.926. The molecule has 0 radical (unpaired) electrons. The van der Waals surface area contributed by atoms with Crippen molar-refractivity contribution in [1.82, 2.24) is 10.2 Å². The number of likely N-dealkylation sites (tertiary alicyclic amines) is 1. The van der Waals surface area contributed by atoms with Gasteiger partial charge in [0, 0.05) is 33.2 Å². The van der Waals surface area contributed by atoms with Crippen molar-refractivity contribution in [3.05, 3.63) is 29.8 Å². The highest BCUT2D eigenvalue weighted by molar-refractivity contribution is 14.0. The molecule has 0 atom stereocenters. The first kappa shape index (κ1) is 21.7. The SMILES string of the molecule is CN=C(NCCS(=O)(=O)N1CCc2ccccc21)N1CCC2(CCCC2)C1.I. The Morgan fingerprint density at radius 1 is 1.18 bits per heavy atom. The normalized spacial score (nSPS) is 21.1. The van der Waals surface area contributed by atoms with E-state index in [0.717, 1.165) is 36.7 Å². The maximum absolute atomic E-state index is 12.8. The van der Waals surface area contributed by atoms with Crippen LogP contribution in [0.15, 0.2) is 29.3 Å². The molecule has 2 heterocycles. The van der Waals surface area contributed by atoms with E-state index in [0.29, 0.717) is 18.5 Å². The smallest absolute Gasteiger partial charge is 0.236 e. The van der Waals surface area contributed by atoms with Crippen LogP contribution in [0.2, 0.25) is 0 Å². The average Bonchev–Trinajstić information content (AvgIpc) is 3.39. The highest BCUT2D eigenvalue weighted by Crippen LogP contribution is 2.45. The van der Waals surface area contributed by atoms with Gasteiger partial charge in [-0.05, 0) is 42.7 Å². The van der Waals surface area contributed by atoms with Crippen LogP contribution in [0.1, 0.15) is 37.7 Å². The van der Waals surface area contributed by atoms with Crippen molar-refractivity contribution < 1.29 is 8.42 Å². The molecule has 1 spiro atoms. The van der Waals surface area contributed by atoms with E-state index in [9.17, 15) is 8.42 Å². The maximum atomic E-state index is 12.8. The first-order valence-corrected chi connectivity index (χ1v) is 11.7. The van der Waals surface area contributed by atoms with Crippen LogP contribution in [0, 0.1) is 5.41 Å². The molecule has 8 heteroatoms. The molecular weight excluding hydrogens is 487 g/mol. The second-order valence-corrected chi connectivity index (χ2v) is 10.1. The van der Waals surface area contributed by atoms with E-state index in [-0.39, 0.29) is 29.7 Å². The van der Waals surface area contributed by atoms with Crippen LogP contribution in [0.25, 0.3) is 0 Å². The van der Waals surface area contributed by atoms with Crippen molar-refractivity contribution >= 4 is 45.6 Å². The number of nitrogens with one attached hydrogen (secondary N) is 1. The van der Waals surface area contributed by atoms with Crippen molar-refractivity contribution in [2.24, 2.45) is 10.4 Å². The minimum Gasteiger partial charge on any atom is -0.355 e. The number of benzene rings is 1. The second-order valence-electron chi connectivity index (χ2n) is 8.12. The highest BCUT2D eigenvalue weighted by atomic mass is 127. The summed E-state index contributed by atoms with van der Waals surface area (Å²) in [6, 6.07) is 7.78. The number of halogens is 1. The fourth-order valence-electron chi connectivity index (χ4n) is 4.98. The summed E-state index contributed by atoms with van der Waals surface area (Å²) in [6.07, 6.45) is 7.36. The molecule has 0 unspecified atom stereocenters. The number of anilines is 1. The van der Waals surface area contributed by atoms with Gasteiger partial charge in [0.15, 0.2) is 5.96 Å². The Labute approximate surface area is 185 Å². The Kier molecular flexibility index (Phi) is 6.79. The first-order valence-electron chi connectivity index (χ1n) is 10.1. The lowest BCUT2D eigenvalue weighted by atomic mass is 9.86. The molecule has 2 aliphatic heterocycles. The highest BCUT2D eigenvalue weighted by Gasteiger charge is 2.41. The molecule has 0 bridgehead atoms. The van der Waals surface area contributed by atoms with Crippen molar-refractivity contribution in [2.75, 3.05) is 43.3 Å². The minimum atomic E-state index is -3.33. The van der Waals surface area contributed by atoms with Gasteiger partial charge >= 0.3 is 0 Å². The van der Waals surface area contributed by atoms with Crippen molar-refractivity contribution in [1.29, 1.82) is 0 Å². The van der Waals surface area contributed by atoms with Crippen molar-refractivity contribution in [3.8, 4) is 0 Å². The number of para-hydroxylation sites is 1. The molecule has 1 saturated carbocycles. The number of sulfonamides is 1. The zero-order chi connectivity index (χ0) is 18.9. The van der Waals surface area contributed by atoms with Crippen LogP contribution in [0.5, 0.6) is 0 Å². The molecular formula is C20H31IN4O2S. The Bertz CT molecular complexity index is 821. The molecule has 0 amide bonds. The fourth-order valence-corrected chi connectivity index (χ4v) is 6.41. The summed E-state index contributed by atoms with van der Waals surface area (Å²) in [7, 11) is -1.54. The number of guanidine groups is 1.